The van der Waals surface area contributed by atoms with Crippen molar-refractivity contribution in [3.05, 3.63) is 316 Å². The topological polar surface area (TPSA) is 23.3 Å². The van der Waals surface area contributed by atoms with Crippen molar-refractivity contribution >= 4 is 0 Å². The van der Waals surface area contributed by atoms with Crippen LogP contribution in [0.15, 0.2) is 182 Å². The van der Waals surface area contributed by atoms with Crippen LogP contribution in [0.25, 0.3) is 67.5 Å². The van der Waals surface area contributed by atoms with Crippen LogP contribution in [0.2, 0.25) is 0 Å². The highest BCUT2D eigenvalue weighted by atomic mass is 15.0. The van der Waals surface area contributed by atoms with E-state index in [4.69, 9.17) is 8.22 Å². The van der Waals surface area contributed by atoms with E-state index in [1.165, 1.54) is 157 Å². The minimum Gasteiger partial charge on any atom is -0.199 e. The fourth-order valence-electron chi connectivity index (χ4n) is 13.5. The quantitative estimate of drug-likeness (QED) is 0.148. The second kappa shape index (κ2) is 34.7. The Morgan fingerprint density at radius 2 is 0.529 bits per heavy atom. The number of aryl methyl sites for hydroxylation is 22. The molecule has 0 amide bonds. The summed E-state index contributed by atoms with van der Waals surface area (Å²) >= 11 is 0. The zero-order valence-electron chi connectivity index (χ0n) is 73.0. The Labute approximate surface area is 624 Å². The monoisotopic (exact) mass is 1360 g/mol. The fraction of sp³-hybridized carbons (Fsp3) is 0.312. The van der Waals surface area contributed by atoms with Crippen molar-refractivity contribution in [1.82, 2.24) is 0 Å². The predicted octanol–water partition coefficient (Wildman–Crippen LogP) is 20.5. The minimum atomic E-state index is -2.10. The summed E-state index contributed by atoms with van der Waals surface area (Å²) in [6.45, 7) is 42.7. The highest BCUT2D eigenvalue weighted by molar-refractivity contribution is 5.69. The maximum atomic E-state index is 7.68. The second-order valence-corrected chi connectivity index (χ2v) is 28.8. The van der Waals surface area contributed by atoms with Gasteiger partial charge in [-0.25, -0.2) is 0 Å². The summed E-state index contributed by atoms with van der Waals surface area (Å²) in [5.41, 5.74) is 43.4. The van der Waals surface area contributed by atoms with Crippen LogP contribution in [0.5, 0.6) is 0 Å². The van der Waals surface area contributed by atoms with Crippen molar-refractivity contribution in [2.24, 2.45) is 42.3 Å². The summed E-state index contributed by atoms with van der Waals surface area (Å²) in [6, 6.07) is 63.6. The summed E-state index contributed by atoms with van der Waals surface area (Å²) in [7, 11) is 12.4. The van der Waals surface area contributed by atoms with Crippen molar-refractivity contribution in [3.63, 3.8) is 0 Å². The normalized spacial score (nSPS) is 11.8. The Morgan fingerprint density at radius 1 is 0.206 bits per heavy atom. The third-order valence-corrected chi connectivity index (χ3v) is 20.3. The van der Waals surface area contributed by atoms with E-state index in [1.54, 1.807) is 22.8 Å². The van der Waals surface area contributed by atoms with Crippen LogP contribution >= 0.6 is 0 Å². The highest BCUT2D eigenvalue weighted by Gasteiger charge is 2.23. The van der Waals surface area contributed by atoms with Gasteiger partial charge in [-0.05, 0) is 239 Å². The van der Waals surface area contributed by atoms with E-state index in [9.17, 15) is 0 Å². The SMILES string of the molecule is Cc1cc(C)[n+](C)c(-c2cccc(C)c2C)c1.Cc1ccc(-c2cc(C)cc(C)[n+]2C)c(C)c1.Cc1ccc(C)c(-c2cc(C)cc(C)[n+]2C)c1.Cc1cccc(C)c1-c1c(C)ccc(C)[n+]1C.[2H]C([2H])([2H])c1cc(C)cc(-c2cccc(C)c2C)[n+]1C.[2H]C([2H])([2H])c1ccc(-c2cc(C)cc(C)[n+]2C)c(C)c1. The molecule has 0 bridgehead atoms. The van der Waals surface area contributed by atoms with E-state index in [2.05, 4.69) is 329 Å². The molecule has 0 saturated carbocycles. The van der Waals surface area contributed by atoms with Crippen LogP contribution < -0.4 is 27.4 Å². The first kappa shape index (κ1) is 70.6. The van der Waals surface area contributed by atoms with Crippen molar-refractivity contribution in [3.8, 4) is 67.5 Å². The van der Waals surface area contributed by atoms with Gasteiger partial charge in [-0.1, -0.05) is 95.6 Å². The first-order chi connectivity index (χ1) is 50.4. The van der Waals surface area contributed by atoms with Gasteiger partial charge in [0.15, 0.2) is 34.2 Å². The molecule has 0 atom stereocenters. The molecule has 0 radical (unpaired) electrons. The first-order valence-corrected chi connectivity index (χ1v) is 35.7. The van der Waals surface area contributed by atoms with Crippen LogP contribution in [0.3, 0.4) is 0 Å². The van der Waals surface area contributed by atoms with E-state index in [0.717, 1.165) is 33.6 Å². The van der Waals surface area contributed by atoms with Gasteiger partial charge in [-0.15, -0.1) is 0 Å². The molecule has 0 aliphatic heterocycles. The van der Waals surface area contributed by atoms with E-state index in [0.29, 0.717) is 11.3 Å². The van der Waals surface area contributed by atoms with Crippen molar-refractivity contribution in [2.75, 3.05) is 0 Å². The summed E-state index contributed by atoms with van der Waals surface area (Å²) in [6.07, 6.45) is 0. The lowest BCUT2D eigenvalue weighted by molar-refractivity contribution is -0.667. The lowest BCUT2D eigenvalue weighted by Crippen LogP contribution is -2.35. The predicted molar refractivity (Wildman–Crippen MR) is 432 cm³/mol. The lowest BCUT2D eigenvalue weighted by atomic mass is 9.96. The first-order valence-electron chi connectivity index (χ1n) is 38.7. The molecule has 0 spiro atoms. The summed E-state index contributed by atoms with van der Waals surface area (Å²) in [4.78, 5) is 0. The number of pyridine rings is 6. The zero-order chi connectivity index (χ0) is 80.5. The molecule has 6 nitrogen and oxygen atoms in total. The molecule has 0 aliphatic carbocycles. The molecule has 528 valence electrons. The van der Waals surface area contributed by atoms with Crippen molar-refractivity contribution in [1.29, 1.82) is 0 Å². The highest BCUT2D eigenvalue weighted by Crippen LogP contribution is 2.30. The molecular formula is C96H120N6+6. The molecule has 0 saturated heterocycles. The molecule has 6 heteroatoms. The molecule has 12 aromatic rings. The Bertz CT molecular complexity index is 5210. The zero-order valence-corrected chi connectivity index (χ0v) is 67.0. The number of benzene rings is 6. The Balaban J connectivity index is 0.000000181. The molecule has 6 aromatic carbocycles. The molecule has 0 fully saturated rings. The number of rotatable bonds is 6. The molecule has 6 aromatic heterocycles. The van der Waals surface area contributed by atoms with Gasteiger partial charge >= 0.3 is 0 Å². The lowest BCUT2D eigenvalue weighted by Gasteiger charge is -2.11. The molecule has 0 unspecified atom stereocenters. The van der Waals surface area contributed by atoms with Gasteiger partial charge in [0, 0.05) is 150 Å². The van der Waals surface area contributed by atoms with Crippen LogP contribution in [0.1, 0.15) is 143 Å². The number of hydrogen-bond donors (Lipinski definition) is 0. The molecule has 0 N–H and O–H groups in total. The van der Waals surface area contributed by atoms with Crippen molar-refractivity contribution in [2.45, 2.75) is 166 Å². The summed E-state index contributed by atoms with van der Waals surface area (Å²) < 4.78 is 58.4. The second-order valence-electron chi connectivity index (χ2n) is 28.8. The van der Waals surface area contributed by atoms with Crippen LogP contribution in [0.4, 0.5) is 0 Å². The maximum absolute atomic E-state index is 7.68. The molecule has 0 aliphatic rings. The van der Waals surface area contributed by atoms with Crippen molar-refractivity contribution < 1.29 is 35.6 Å². The van der Waals surface area contributed by atoms with Gasteiger partial charge in [-0.2, -0.15) is 27.4 Å². The number of hydrogen-bond acceptors (Lipinski definition) is 0. The van der Waals surface area contributed by atoms with Gasteiger partial charge in [0.1, 0.15) is 42.3 Å². The fourth-order valence-corrected chi connectivity index (χ4v) is 13.5. The van der Waals surface area contributed by atoms with Gasteiger partial charge in [-0.3, -0.25) is 0 Å². The van der Waals surface area contributed by atoms with Gasteiger partial charge in [0.05, 0.1) is 5.56 Å². The van der Waals surface area contributed by atoms with E-state index < -0.39 is 13.7 Å². The average Bonchev–Trinajstić information content (AvgIpc) is 0.798. The van der Waals surface area contributed by atoms with Crippen LogP contribution in [-0.2, 0) is 42.3 Å². The van der Waals surface area contributed by atoms with Crippen LogP contribution in [0, 0.1) is 166 Å². The van der Waals surface area contributed by atoms with E-state index in [1.807, 2.05) is 52.2 Å². The third kappa shape index (κ3) is 19.4. The number of aromatic nitrogens is 6. The van der Waals surface area contributed by atoms with E-state index in [-0.39, 0.29) is 0 Å². The maximum Gasteiger partial charge on any atom is 0.215 e. The van der Waals surface area contributed by atoms with Gasteiger partial charge in [0.25, 0.3) is 0 Å². The molecule has 102 heavy (non-hydrogen) atoms. The van der Waals surface area contributed by atoms with Gasteiger partial charge in [0.2, 0.25) is 34.2 Å². The minimum absolute atomic E-state index is 0.369. The molecule has 6 heterocycles. The van der Waals surface area contributed by atoms with Crippen LogP contribution in [-0.4, -0.2) is 0 Å². The standard InChI is InChI=1S/6C16H20N/c1-11-6-7-13(3)15(9-11)16-10-12(2)8-14(4)17(16)5;2*1-11-6-7-15(13(3)8-11)16-10-12(2)9-14(4)17(16)5;2*1-11-9-13(3)17(5)16(10-11)15-8-6-7-12(2)14(15)4;1-11-7-6-8-12(2)15(11)16-13(3)9-10-14(4)17(16)5/h6*6-10H,1-5H3/q6*+1/i;1D3;;3D3;;. The Morgan fingerprint density at radius 3 is 0.931 bits per heavy atom. The van der Waals surface area contributed by atoms with E-state index >= 15 is 0 Å². The summed E-state index contributed by atoms with van der Waals surface area (Å²) in [5, 5.41) is 0. The third-order valence-electron chi connectivity index (χ3n) is 20.3. The smallest absolute Gasteiger partial charge is 0.199 e. The summed E-state index contributed by atoms with van der Waals surface area (Å²) in [5.74, 6) is 0. The Kier molecular flexibility index (Phi) is 24.1. The number of nitrogens with zero attached hydrogens (tertiary/aromatic N) is 6. The van der Waals surface area contributed by atoms with Gasteiger partial charge < -0.3 is 0 Å². The average molecular weight is 1360 g/mol. The largest absolute Gasteiger partial charge is 0.215 e. The Hall–Kier alpha value is -9.78. The molecule has 12 rings (SSSR count). The molecular weight excluding hydrogens is 1240 g/mol.